The number of aliphatic hydroxyl groups excluding tert-OH is 1. The minimum atomic E-state index is 0.255. The number of fused-ring (bicyclic) bond motifs is 1. The summed E-state index contributed by atoms with van der Waals surface area (Å²) >= 11 is 0. The van der Waals surface area contributed by atoms with E-state index in [0.717, 1.165) is 32.5 Å². The Balaban J connectivity index is 2.16. The van der Waals surface area contributed by atoms with Crippen molar-refractivity contribution in [2.75, 3.05) is 13.2 Å². The van der Waals surface area contributed by atoms with E-state index < -0.39 is 0 Å². The Morgan fingerprint density at radius 1 is 1.28 bits per heavy atom. The van der Waals surface area contributed by atoms with E-state index in [0.29, 0.717) is 0 Å². The van der Waals surface area contributed by atoms with Crippen LogP contribution in [0, 0.1) is 0 Å². The normalized spacial score (nSPS) is 11.2. The number of hydrogen-bond acceptors (Lipinski definition) is 2. The fourth-order valence-corrected chi connectivity index (χ4v) is 2.32. The summed E-state index contributed by atoms with van der Waals surface area (Å²) in [7, 11) is 0. The Labute approximate surface area is 108 Å². The van der Waals surface area contributed by atoms with Crippen LogP contribution >= 0.6 is 0 Å². The van der Waals surface area contributed by atoms with Crippen molar-refractivity contribution in [1.82, 2.24) is 9.88 Å². The van der Waals surface area contributed by atoms with Gasteiger partial charge in [-0.25, -0.2) is 0 Å². The second kappa shape index (κ2) is 6.57. The number of nitrogens with zero attached hydrogens (tertiary/aromatic N) is 1. The average Bonchev–Trinajstić information content (AvgIpc) is 2.74. The molecule has 0 aliphatic rings. The highest BCUT2D eigenvalue weighted by atomic mass is 16.3. The molecule has 1 aromatic heterocycles. The lowest BCUT2D eigenvalue weighted by Crippen LogP contribution is -2.15. The molecule has 0 spiro atoms. The van der Waals surface area contributed by atoms with Gasteiger partial charge in [-0.05, 0) is 31.0 Å². The standard InChI is InChI=1S/C15H22N2O/c1-2-9-17-12-13(11-16-8-5-10-18)14-6-3-4-7-15(14)17/h3-4,6-7,12,16,18H,2,5,8-11H2,1H3. The van der Waals surface area contributed by atoms with Crippen molar-refractivity contribution in [3.8, 4) is 0 Å². The third-order valence-corrected chi connectivity index (χ3v) is 3.16. The number of benzene rings is 1. The molecular formula is C15H22N2O. The molecule has 1 aromatic carbocycles. The molecule has 2 N–H and O–H groups in total. The molecule has 0 saturated heterocycles. The fraction of sp³-hybridized carbons (Fsp3) is 0.467. The number of aromatic nitrogens is 1. The van der Waals surface area contributed by atoms with Crippen LogP contribution in [-0.4, -0.2) is 22.8 Å². The third kappa shape index (κ3) is 2.92. The highest BCUT2D eigenvalue weighted by molar-refractivity contribution is 5.83. The maximum atomic E-state index is 8.77. The molecule has 2 rings (SSSR count). The molecule has 98 valence electrons. The molecule has 0 bridgehead atoms. The first-order valence-electron chi connectivity index (χ1n) is 6.75. The summed E-state index contributed by atoms with van der Waals surface area (Å²) in [5, 5.41) is 13.5. The van der Waals surface area contributed by atoms with Gasteiger partial charge in [0.2, 0.25) is 0 Å². The van der Waals surface area contributed by atoms with Crippen LogP contribution in [0.5, 0.6) is 0 Å². The number of nitrogens with one attached hydrogen (secondary N) is 1. The lowest BCUT2D eigenvalue weighted by molar-refractivity contribution is 0.286. The molecule has 2 aromatic rings. The van der Waals surface area contributed by atoms with Gasteiger partial charge in [0.25, 0.3) is 0 Å². The highest BCUT2D eigenvalue weighted by Gasteiger charge is 2.06. The summed E-state index contributed by atoms with van der Waals surface area (Å²) in [6.45, 7) is 5.26. The van der Waals surface area contributed by atoms with Gasteiger partial charge in [0, 0.05) is 36.8 Å². The maximum Gasteiger partial charge on any atom is 0.0483 e. The molecule has 0 aliphatic carbocycles. The molecule has 0 fully saturated rings. The van der Waals surface area contributed by atoms with Gasteiger partial charge in [-0.3, -0.25) is 0 Å². The molecule has 0 atom stereocenters. The zero-order valence-electron chi connectivity index (χ0n) is 11.0. The summed E-state index contributed by atoms with van der Waals surface area (Å²) in [4.78, 5) is 0. The third-order valence-electron chi connectivity index (χ3n) is 3.16. The van der Waals surface area contributed by atoms with Crippen LogP contribution in [0.3, 0.4) is 0 Å². The molecule has 0 saturated carbocycles. The minimum Gasteiger partial charge on any atom is -0.396 e. The van der Waals surface area contributed by atoms with E-state index in [1.807, 2.05) is 0 Å². The van der Waals surface area contributed by atoms with Gasteiger partial charge in [0.1, 0.15) is 0 Å². The van der Waals surface area contributed by atoms with Crippen molar-refractivity contribution in [2.45, 2.75) is 32.9 Å². The number of hydrogen-bond donors (Lipinski definition) is 2. The van der Waals surface area contributed by atoms with Gasteiger partial charge in [-0.15, -0.1) is 0 Å². The van der Waals surface area contributed by atoms with Gasteiger partial charge in [0.05, 0.1) is 0 Å². The van der Waals surface area contributed by atoms with Crippen molar-refractivity contribution < 1.29 is 5.11 Å². The SMILES string of the molecule is CCCn1cc(CNCCCO)c2ccccc21. The zero-order valence-corrected chi connectivity index (χ0v) is 11.0. The molecule has 0 aliphatic heterocycles. The summed E-state index contributed by atoms with van der Waals surface area (Å²) in [5.74, 6) is 0. The number of aliphatic hydroxyl groups is 1. The maximum absolute atomic E-state index is 8.77. The van der Waals surface area contributed by atoms with Gasteiger partial charge in [0.15, 0.2) is 0 Å². The topological polar surface area (TPSA) is 37.2 Å². The fourth-order valence-electron chi connectivity index (χ4n) is 2.32. The summed E-state index contributed by atoms with van der Waals surface area (Å²) in [5.41, 5.74) is 2.66. The van der Waals surface area contributed by atoms with E-state index in [2.05, 4.69) is 47.3 Å². The molecule has 0 amide bonds. The first-order chi connectivity index (χ1) is 8.86. The number of rotatable bonds is 7. The molecule has 18 heavy (non-hydrogen) atoms. The Bertz CT molecular complexity index is 490. The van der Waals surface area contributed by atoms with Crippen molar-refractivity contribution in [3.63, 3.8) is 0 Å². The molecule has 0 radical (unpaired) electrons. The molecule has 3 nitrogen and oxygen atoms in total. The predicted octanol–water partition coefficient (Wildman–Crippen LogP) is 2.52. The molecule has 1 heterocycles. The van der Waals surface area contributed by atoms with Crippen LogP contribution in [0.25, 0.3) is 10.9 Å². The van der Waals surface area contributed by atoms with Crippen LogP contribution in [0.15, 0.2) is 30.5 Å². The molecule has 0 unspecified atom stereocenters. The summed E-state index contributed by atoms with van der Waals surface area (Å²) in [6.07, 6.45) is 4.21. The second-order valence-corrected chi connectivity index (χ2v) is 4.62. The van der Waals surface area contributed by atoms with Crippen molar-refractivity contribution in [1.29, 1.82) is 0 Å². The summed E-state index contributed by atoms with van der Waals surface area (Å²) in [6, 6.07) is 8.56. The van der Waals surface area contributed by atoms with Crippen molar-refractivity contribution >= 4 is 10.9 Å². The minimum absolute atomic E-state index is 0.255. The van der Waals surface area contributed by atoms with E-state index in [1.165, 1.54) is 16.5 Å². The highest BCUT2D eigenvalue weighted by Crippen LogP contribution is 2.21. The van der Waals surface area contributed by atoms with E-state index in [-0.39, 0.29) is 6.61 Å². The van der Waals surface area contributed by atoms with Crippen LogP contribution < -0.4 is 5.32 Å². The Hall–Kier alpha value is -1.32. The first-order valence-corrected chi connectivity index (χ1v) is 6.75. The van der Waals surface area contributed by atoms with Crippen molar-refractivity contribution in [3.05, 3.63) is 36.0 Å². The second-order valence-electron chi connectivity index (χ2n) is 4.62. The van der Waals surface area contributed by atoms with Gasteiger partial charge >= 0.3 is 0 Å². The quantitative estimate of drug-likeness (QED) is 0.737. The Kier molecular flexibility index (Phi) is 4.79. The van der Waals surface area contributed by atoms with Crippen LogP contribution in [0.1, 0.15) is 25.3 Å². The predicted molar refractivity (Wildman–Crippen MR) is 75.6 cm³/mol. The molecular weight excluding hydrogens is 224 g/mol. The lowest BCUT2D eigenvalue weighted by atomic mass is 10.2. The average molecular weight is 246 g/mol. The van der Waals surface area contributed by atoms with Gasteiger partial charge in [-0.1, -0.05) is 25.1 Å². The number of para-hydroxylation sites is 1. The van der Waals surface area contributed by atoms with E-state index >= 15 is 0 Å². The van der Waals surface area contributed by atoms with Crippen LogP contribution in [0.2, 0.25) is 0 Å². The van der Waals surface area contributed by atoms with Crippen molar-refractivity contribution in [2.24, 2.45) is 0 Å². The Morgan fingerprint density at radius 2 is 2.11 bits per heavy atom. The zero-order chi connectivity index (χ0) is 12.8. The van der Waals surface area contributed by atoms with Gasteiger partial charge < -0.3 is 15.0 Å². The lowest BCUT2D eigenvalue weighted by Gasteiger charge is -2.01. The number of aryl methyl sites for hydroxylation is 1. The smallest absolute Gasteiger partial charge is 0.0483 e. The molecule has 3 heteroatoms. The first kappa shape index (κ1) is 13.1. The van der Waals surface area contributed by atoms with Crippen LogP contribution in [0.4, 0.5) is 0 Å². The summed E-state index contributed by atoms with van der Waals surface area (Å²) < 4.78 is 2.33. The van der Waals surface area contributed by atoms with E-state index in [1.54, 1.807) is 0 Å². The van der Waals surface area contributed by atoms with E-state index in [9.17, 15) is 0 Å². The van der Waals surface area contributed by atoms with Crippen LogP contribution in [-0.2, 0) is 13.1 Å². The largest absolute Gasteiger partial charge is 0.396 e. The Morgan fingerprint density at radius 3 is 2.89 bits per heavy atom. The van der Waals surface area contributed by atoms with E-state index in [4.69, 9.17) is 5.11 Å². The van der Waals surface area contributed by atoms with Gasteiger partial charge in [-0.2, -0.15) is 0 Å². The monoisotopic (exact) mass is 246 g/mol.